The molecule has 0 fully saturated rings. The van der Waals surface area contributed by atoms with Gasteiger partial charge in [-0.1, -0.05) is 0 Å². The van der Waals surface area contributed by atoms with E-state index in [1.165, 1.54) is 0 Å². The monoisotopic (exact) mass is 275 g/mol. The Kier molecular flexibility index (Phi) is 5.43. The van der Waals surface area contributed by atoms with Crippen molar-refractivity contribution < 1.29 is 9.47 Å². The van der Waals surface area contributed by atoms with Crippen molar-refractivity contribution in [2.24, 2.45) is 5.73 Å². The van der Waals surface area contributed by atoms with Crippen LogP contribution in [0.1, 0.15) is 12.0 Å². The summed E-state index contributed by atoms with van der Waals surface area (Å²) < 4.78 is 13.1. The molecule has 0 bridgehead atoms. The van der Waals surface area contributed by atoms with Gasteiger partial charge in [-0.25, -0.2) is 4.98 Å². The maximum absolute atomic E-state index is 5.84. The highest BCUT2D eigenvalue weighted by molar-refractivity contribution is 5.40. The van der Waals surface area contributed by atoms with E-state index in [1.54, 1.807) is 13.3 Å². The Morgan fingerprint density at radius 2 is 2.25 bits per heavy atom. The van der Waals surface area contributed by atoms with Crippen LogP contribution in [0.2, 0.25) is 0 Å². The lowest BCUT2D eigenvalue weighted by molar-refractivity contribution is 0.298. The standard InChI is InChI=1S/C15H21N3O2/c1-19-14-3-4-15(13(11-14)5-6-16)20-10-2-8-18-9-7-17-12-18/h3-4,7,9,11-12H,2,5-6,8,10,16H2,1H3. The smallest absolute Gasteiger partial charge is 0.122 e. The summed E-state index contributed by atoms with van der Waals surface area (Å²) in [5, 5.41) is 0. The molecule has 2 rings (SSSR count). The average Bonchev–Trinajstić information content (AvgIpc) is 2.98. The minimum atomic E-state index is 0.596. The molecule has 0 atom stereocenters. The first kappa shape index (κ1) is 14.4. The molecule has 20 heavy (non-hydrogen) atoms. The number of aryl methyl sites for hydroxylation is 1. The lowest BCUT2D eigenvalue weighted by Gasteiger charge is -2.12. The van der Waals surface area contributed by atoms with Gasteiger partial charge in [0.05, 0.1) is 20.0 Å². The number of ether oxygens (including phenoxy) is 2. The van der Waals surface area contributed by atoms with E-state index >= 15 is 0 Å². The SMILES string of the molecule is COc1ccc(OCCCn2ccnc2)c(CCN)c1. The Morgan fingerprint density at radius 1 is 1.35 bits per heavy atom. The van der Waals surface area contributed by atoms with Gasteiger partial charge in [0.2, 0.25) is 0 Å². The number of hydrogen-bond donors (Lipinski definition) is 1. The molecule has 2 N–H and O–H groups in total. The van der Waals surface area contributed by atoms with E-state index in [2.05, 4.69) is 4.98 Å². The van der Waals surface area contributed by atoms with Crippen molar-refractivity contribution in [1.82, 2.24) is 9.55 Å². The van der Waals surface area contributed by atoms with Crippen molar-refractivity contribution >= 4 is 0 Å². The molecule has 108 valence electrons. The average molecular weight is 275 g/mol. The van der Waals surface area contributed by atoms with Gasteiger partial charge in [0.25, 0.3) is 0 Å². The maximum Gasteiger partial charge on any atom is 0.122 e. The summed E-state index contributed by atoms with van der Waals surface area (Å²) in [5.41, 5.74) is 6.73. The number of imidazole rings is 1. The maximum atomic E-state index is 5.84. The highest BCUT2D eigenvalue weighted by Gasteiger charge is 2.05. The van der Waals surface area contributed by atoms with Gasteiger partial charge in [-0.3, -0.25) is 0 Å². The van der Waals surface area contributed by atoms with Crippen LogP contribution in [-0.4, -0.2) is 29.8 Å². The van der Waals surface area contributed by atoms with Crippen LogP contribution in [0.4, 0.5) is 0 Å². The molecule has 0 saturated heterocycles. The zero-order valence-electron chi connectivity index (χ0n) is 11.8. The van der Waals surface area contributed by atoms with Crippen LogP contribution in [0.25, 0.3) is 0 Å². The number of hydrogen-bond acceptors (Lipinski definition) is 4. The molecule has 0 unspecified atom stereocenters. The number of benzene rings is 1. The number of rotatable bonds is 8. The first-order valence-electron chi connectivity index (χ1n) is 6.79. The third-order valence-electron chi connectivity index (χ3n) is 3.06. The third kappa shape index (κ3) is 3.99. The third-order valence-corrected chi connectivity index (χ3v) is 3.06. The lowest BCUT2D eigenvalue weighted by Crippen LogP contribution is -2.07. The normalized spacial score (nSPS) is 10.5. The van der Waals surface area contributed by atoms with Gasteiger partial charge in [-0.2, -0.15) is 0 Å². The molecule has 5 nitrogen and oxygen atoms in total. The predicted molar refractivity (Wildman–Crippen MR) is 78.1 cm³/mol. The van der Waals surface area contributed by atoms with Gasteiger partial charge in [0.1, 0.15) is 11.5 Å². The Hall–Kier alpha value is -2.01. The zero-order chi connectivity index (χ0) is 14.2. The van der Waals surface area contributed by atoms with E-state index in [4.69, 9.17) is 15.2 Å². The van der Waals surface area contributed by atoms with Crippen LogP contribution in [0.5, 0.6) is 11.5 Å². The van der Waals surface area contributed by atoms with Crippen LogP contribution in [0, 0.1) is 0 Å². The van der Waals surface area contributed by atoms with Gasteiger partial charge in [-0.05, 0) is 43.1 Å². The van der Waals surface area contributed by atoms with Crippen molar-refractivity contribution in [2.75, 3.05) is 20.3 Å². The van der Waals surface area contributed by atoms with E-state index in [-0.39, 0.29) is 0 Å². The fourth-order valence-corrected chi connectivity index (χ4v) is 2.02. The van der Waals surface area contributed by atoms with Gasteiger partial charge >= 0.3 is 0 Å². The highest BCUT2D eigenvalue weighted by atomic mass is 16.5. The highest BCUT2D eigenvalue weighted by Crippen LogP contribution is 2.24. The van der Waals surface area contributed by atoms with Crippen molar-refractivity contribution in [3.8, 4) is 11.5 Å². The quantitative estimate of drug-likeness (QED) is 0.747. The second-order valence-corrected chi connectivity index (χ2v) is 4.51. The van der Waals surface area contributed by atoms with Crippen molar-refractivity contribution in [3.63, 3.8) is 0 Å². The second-order valence-electron chi connectivity index (χ2n) is 4.51. The summed E-state index contributed by atoms with van der Waals surface area (Å²) in [5.74, 6) is 1.72. The molecule has 0 saturated carbocycles. The summed E-state index contributed by atoms with van der Waals surface area (Å²) in [6.45, 7) is 2.17. The predicted octanol–water partition coefficient (Wildman–Crippen LogP) is 1.86. The summed E-state index contributed by atoms with van der Waals surface area (Å²) in [4.78, 5) is 4.01. The second kappa shape index (κ2) is 7.55. The van der Waals surface area contributed by atoms with Crippen LogP contribution < -0.4 is 15.2 Å². The first-order chi connectivity index (χ1) is 9.83. The molecule has 1 aromatic carbocycles. The molecule has 0 aliphatic rings. The number of aromatic nitrogens is 2. The van der Waals surface area contributed by atoms with Gasteiger partial charge in [-0.15, -0.1) is 0 Å². The number of nitrogens with two attached hydrogens (primary N) is 1. The van der Waals surface area contributed by atoms with E-state index < -0.39 is 0 Å². The summed E-state index contributed by atoms with van der Waals surface area (Å²) in [6, 6.07) is 5.84. The molecule has 0 spiro atoms. The Balaban J connectivity index is 1.87. The fraction of sp³-hybridized carbons (Fsp3) is 0.400. The molecule has 0 amide bonds. The summed E-state index contributed by atoms with van der Waals surface area (Å²) in [7, 11) is 1.66. The van der Waals surface area contributed by atoms with E-state index in [0.717, 1.165) is 36.4 Å². The zero-order valence-corrected chi connectivity index (χ0v) is 11.8. The van der Waals surface area contributed by atoms with Gasteiger partial charge < -0.3 is 19.8 Å². The molecular formula is C15H21N3O2. The van der Waals surface area contributed by atoms with Gasteiger partial charge in [0, 0.05) is 18.9 Å². The van der Waals surface area contributed by atoms with E-state index in [0.29, 0.717) is 13.2 Å². The number of methoxy groups -OCH3 is 1. The molecular weight excluding hydrogens is 254 g/mol. The minimum Gasteiger partial charge on any atom is -0.497 e. The molecule has 2 aromatic rings. The first-order valence-corrected chi connectivity index (χ1v) is 6.79. The Bertz CT molecular complexity index is 512. The molecule has 0 radical (unpaired) electrons. The van der Waals surface area contributed by atoms with Crippen LogP contribution in [-0.2, 0) is 13.0 Å². The van der Waals surface area contributed by atoms with E-state index in [1.807, 2.05) is 35.3 Å². The fourth-order valence-electron chi connectivity index (χ4n) is 2.02. The Labute approximate surface area is 119 Å². The molecule has 0 aliphatic heterocycles. The summed E-state index contributed by atoms with van der Waals surface area (Å²) >= 11 is 0. The van der Waals surface area contributed by atoms with Crippen LogP contribution in [0.3, 0.4) is 0 Å². The summed E-state index contributed by atoms with van der Waals surface area (Å²) in [6.07, 6.45) is 7.27. The van der Waals surface area contributed by atoms with Crippen molar-refractivity contribution in [1.29, 1.82) is 0 Å². The van der Waals surface area contributed by atoms with Crippen LogP contribution >= 0.6 is 0 Å². The largest absolute Gasteiger partial charge is 0.497 e. The molecule has 1 aromatic heterocycles. The van der Waals surface area contributed by atoms with Gasteiger partial charge in [0.15, 0.2) is 0 Å². The minimum absolute atomic E-state index is 0.596. The van der Waals surface area contributed by atoms with E-state index in [9.17, 15) is 0 Å². The molecule has 1 heterocycles. The van der Waals surface area contributed by atoms with Crippen molar-refractivity contribution in [2.45, 2.75) is 19.4 Å². The molecule has 5 heteroatoms. The van der Waals surface area contributed by atoms with Crippen molar-refractivity contribution in [3.05, 3.63) is 42.5 Å². The van der Waals surface area contributed by atoms with Crippen LogP contribution in [0.15, 0.2) is 36.9 Å². The Morgan fingerprint density at radius 3 is 2.95 bits per heavy atom. The molecule has 0 aliphatic carbocycles. The number of nitrogens with zero attached hydrogens (tertiary/aromatic N) is 2. The lowest BCUT2D eigenvalue weighted by atomic mass is 10.1. The topological polar surface area (TPSA) is 62.3 Å².